The van der Waals surface area contributed by atoms with Crippen molar-refractivity contribution >= 4 is 5.69 Å². The van der Waals surface area contributed by atoms with Gasteiger partial charge in [-0.2, -0.15) is 0 Å². The lowest BCUT2D eigenvalue weighted by atomic mass is 10.1. The molecule has 0 saturated heterocycles. The van der Waals surface area contributed by atoms with E-state index in [9.17, 15) is 0 Å². The zero-order valence-electron chi connectivity index (χ0n) is 14.4. The monoisotopic (exact) mass is 335 g/mol. The van der Waals surface area contributed by atoms with Crippen molar-refractivity contribution < 1.29 is 4.74 Å². The highest BCUT2D eigenvalue weighted by molar-refractivity contribution is 5.39. The third-order valence-corrected chi connectivity index (χ3v) is 4.30. The molecule has 0 amide bonds. The van der Waals surface area contributed by atoms with Crippen molar-refractivity contribution in [3.8, 4) is 0 Å². The number of benzene rings is 2. The Kier molecular flexibility index (Phi) is 6.23. The van der Waals surface area contributed by atoms with Crippen molar-refractivity contribution in [3.05, 3.63) is 84.4 Å². The summed E-state index contributed by atoms with van der Waals surface area (Å²) in [7, 11) is 0. The summed E-state index contributed by atoms with van der Waals surface area (Å²) in [6.07, 6.45) is 8.71. The lowest BCUT2D eigenvalue weighted by Crippen LogP contribution is -2.21. The van der Waals surface area contributed by atoms with Crippen LogP contribution < -0.4 is 5.73 Å². The topological polar surface area (TPSA) is 53.1 Å². The summed E-state index contributed by atoms with van der Waals surface area (Å²) >= 11 is 0. The number of nitrogens with two attached hydrogens (primary N) is 1. The van der Waals surface area contributed by atoms with Gasteiger partial charge in [0.25, 0.3) is 0 Å². The zero-order valence-corrected chi connectivity index (χ0v) is 14.4. The number of ether oxygens (including phenoxy) is 1. The lowest BCUT2D eigenvalue weighted by Gasteiger charge is -2.19. The lowest BCUT2D eigenvalue weighted by molar-refractivity contribution is 0.0379. The van der Waals surface area contributed by atoms with Crippen LogP contribution in [0.15, 0.2) is 73.3 Å². The molecule has 25 heavy (non-hydrogen) atoms. The number of hydrogen-bond acceptors (Lipinski definition) is 3. The van der Waals surface area contributed by atoms with E-state index in [1.165, 1.54) is 11.1 Å². The number of rotatable bonds is 9. The van der Waals surface area contributed by atoms with Gasteiger partial charge in [0.2, 0.25) is 0 Å². The number of aromatic nitrogens is 2. The fourth-order valence-corrected chi connectivity index (χ4v) is 2.86. The van der Waals surface area contributed by atoms with E-state index in [0.717, 1.165) is 31.5 Å². The molecular formula is C21H25N3O. The second-order valence-electron chi connectivity index (χ2n) is 6.27. The molecule has 0 aliphatic rings. The summed E-state index contributed by atoms with van der Waals surface area (Å²) in [5.74, 6) is 0. The van der Waals surface area contributed by atoms with Crippen molar-refractivity contribution in [2.75, 3.05) is 12.3 Å². The van der Waals surface area contributed by atoms with Crippen LogP contribution >= 0.6 is 0 Å². The maximum absolute atomic E-state index is 6.19. The van der Waals surface area contributed by atoms with Crippen LogP contribution in [0.1, 0.15) is 17.5 Å². The van der Waals surface area contributed by atoms with Gasteiger partial charge in [-0.25, -0.2) is 4.98 Å². The van der Waals surface area contributed by atoms with Gasteiger partial charge in [-0.05, 0) is 42.5 Å². The molecule has 4 nitrogen and oxygen atoms in total. The van der Waals surface area contributed by atoms with E-state index < -0.39 is 0 Å². The molecule has 1 atom stereocenters. The van der Waals surface area contributed by atoms with Gasteiger partial charge < -0.3 is 15.0 Å². The summed E-state index contributed by atoms with van der Waals surface area (Å²) in [5, 5.41) is 0. The molecule has 0 spiro atoms. The molecule has 0 aliphatic carbocycles. The van der Waals surface area contributed by atoms with Crippen LogP contribution in [-0.2, 0) is 24.1 Å². The Morgan fingerprint density at radius 3 is 2.44 bits per heavy atom. The SMILES string of the molecule is Nc1ccc(CCOC(CCc2ccccc2)Cn2ccnc2)cc1. The summed E-state index contributed by atoms with van der Waals surface area (Å²) < 4.78 is 8.27. The number of nitrogen functional groups attached to an aromatic ring is 1. The van der Waals surface area contributed by atoms with Crippen LogP contribution in [0.2, 0.25) is 0 Å². The normalized spacial score (nSPS) is 12.2. The third kappa shape index (κ3) is 5.76. The minimum Gasteiger partial charge on any atom is -0.399 e. The average molecular weight is 335 g/mol. The molecule has 130 valence electrons. The molecule has 1 heterocycles. The number of hydrogen-bond donors (Lipinski definition) is 1. The smallest absolute Gasteiger partial charge is 0.0946 e. The van der Waals surface area contributed by atoms with E-state index in [1.54, 1.807) is 0 Å². The Labute approximate surface area is 149 Å². The van der Waals surface area contributed by atoms with Crippen molar-refractivity contribution in [2.24, 2.45) is 0 Å². The van der Waals surface area contributed by atoms with Crippen molar-refractivity contribution in [1.82, 2.24) is 9.55 Å². The Balaban J connectivity index is 1.53. The predicted octanol–water partition coefficient (Wildman–Crippen LogP) is 3.73. The first kappa shape index (κ1) is 17.2. The van der Waals surface area contributed by atoms with E-state index in [2.05, 4.69) is 52.0 Å². The second-order valence-corrected chi connectivity index (χ2v) is 6.27. The molecule has 1 aromatic heterocycles. The third-order valence-electron chi connectivity index (χ3n) is 4.30. The summed E-state index contributed by atoms with van der Waals surface area (Å²) in [6.45, 7) is 1.53. The van der Waals surface area contributed by atoms with Gasteiger partial charge >= 0.3 is 0 Å². The molecular weight excluding hydrogens is 310 g/mol. The fourth-order valence-electron chi connectivity index (χ4n) is 2.86. The van der Waals surface area contributed by atoms with E-state index in [-0.39, 0.29) is 6.10 Å². The van der Waals surface area contributed by atoms with Gasteiger partial charge in [-0.3, -0.25) is 0 Å². The highest BCUT2D eigenvalue weighted by Gasteiger charge is 2.11. The first-order chi connectivity index (χ1) is 12.3. The molecule has 2 aromatic carbocycles. The quantitative estimate of drug-likeness (QED) is 0.606. The van der Waals surface area contributed by atoms with Crippen LogP contribution in [0.4, 0.5) is 5.69 Å². The van der Waals surface area contributed by atoms with E-state index in [4.69, 9.17) is 10.5 Å². The van der Waals surface area contributed by atoms with Gasteiger partial charge in [0.15, 0.2) is 0 Å². The van der Waals surface area contributed by atoms with E-state index >= 15 is 0 Å². The van der Waals surface area contributed by atoms with Crippen LogP contribution in [0.5, 0.6) is 0 Å². The van der Waals surface area contributed by atoms with E-state index in [1.807, 2.05) is 30.9 Å². The Morgan fingerprint density at radius 1 is 0.960 bits per heavy atom. The van der Waals surface area contributed by atoms with Crippen LogP contribution in [0.3, 0.4) is 0 Å². The number of aryl methyl sites for hydroxylation is 1. The van der Waals surface area contributed by atoms with Crippen LogP contribution in [0, 0.1) is 0 Å². The Bertz CT molecular complexity index is 724. The first-order valence-corrected chi connectivity index (χ1v) is 8.75. The molecule has 2 N–H and O–H groups in total. The van der Waals surface area contributed by atoms with Crippen molar-refractivity contribution in [3.63, 3.8) is 0 Å². The van der Waals surface area contributed by atoms with Gasteiger partial charge in [0.05, 0.1) is 19.0 Å². The first-order valence-electron chi connectivity index (χ1n) is 8.75. The summed E-state index contributed by atoms with van der Waals surface area (Å²) in [5.41, 5.74) is 9.13. The minimum atomic E-state index is 0.170. The molecule has 0 saturated carbocycles. The van der Waals surface area contributed by atoms with Gasteiger partial charge in [-0.15, -0.1) is 0 Å². The number of nitrogens with zero attached hydrogens (tertiary/aromatic N) is 2. The second kappa shape index (κ2) is 9.04. The molecule has 1 unspecified atom stereocenters. The van der Waals surface area contributed by atoms with Crippen molar-refractivity contribution in [1.29, 1.82) is 0 Å². The summed E-state index contributed by atoms with van der Waals surface area (Å²) in [6, 6.07) is 18.6. The van der Waals surface area contributed by atoms with Gasteiger partial charge in [-0.1, -0.05) is 42.5 Å². The fraction of sp³-hybridized carbons (Fsp3) is 0.286. The largest absolute Gasteiger partial charge is 0.399 e. The molecule has 0 bridgehead atoms. The van der Waals surface area contributed by atoms with Crippen LogP contribution in [-0.4, -0.2) is 22.3 Å². The Morgan fingerprint density at radius 2 is 1.72 bits per heavy atom. The van der Waals surface area contributed by atoms with Crippen molar-refractivity contribution in [2.45, 2.75) is 31.9 Å². The standard InChI is InChI=1S/C21H25N3O/c22-20-9-6-19(7-10-20)12-15-25-21(16-24-14-13-23-17-24)11-8-18-4-2-1-3-5-18/h1-7,9-10,13-14,17,21H,8,11-12,15-16,22H2. The molecule has 4 heteroatoms. The average Bonchev–Trinajstić information content (AvgIpc) is 3.15. The molecule has 0 fully saturated rings. The zero-order chi connectivity index (χ0) is 17.3. The number of anilines is 1. The predicted molar refractivity (Wildman–Crippen MR) is 101 cm³/mol. The molecule has 3 rings (SSSR count). The van der Waals surface area contributed by atoms with E-state index in [0.29, 0.717) is 6.61 Å². The number of imidazole rings is 1. The van der Waals surface area contributed by atoms with Gasteiger partial charge in [0.1, 0.15) is 0 Å². The maximum Gasteiger partial charge on any atom is 0.0946 e. The highest BCUT2D eigenvalue weighted by atomic mass is 16.5. The molecule has 3 aromatic rings. The van der Waals surface area contributed by atoms with Crippen LogP contribution in [0.25, 0.3) is 0 Å². The molecule has 0 aliphatic heterocycles. The minimum absolute atomic E-state index is 0.170. The Hall–Kier alpha value is -2.59. The summed E-state index contributed by atoms with van der Waals surface area (Å²) in [4.78, 5) is 4.13. The van der Waals surface area contributed by atoms with Gasteiger partial charge in [0, 0.05) is 24.6 Å². The highest BCUT2D eigenvalue weighted by Crippen LogP contribution is 2.12. The molecule has 0 radical (unpaired) electrons. The maximum atomic E-state index is 6.19.